The fourth-order valence-electron chi connectivity index (χ4n) is 3.80. The third kappa shape index (κ3) is 3.00. The van der Waals surface area contributed by atoms with Crippen molar-refractivity contribution in [2.75, 3.05) is 13.1 Å². The maximum Gasteiger partial charge on any atom is 0.325 e. The average Bonchev–Trinajstić information content (AvgIpc) is 3.14. The summed E-state index contributed by atoms with van der Waals surface area (Å²) in [6.07, 6.45) is 4.35. The van der Waals surface area contributed by atoms with E-state index in [1.54, 1.807) is 23.7 Å². The minimum atomic E-state index is -0.942. The monoisotopic (exact) mass is 368 g/mol. The summed E-state index contributed by atoms with van der Waals surface area (Å²) in [6.45, 7) is 1.04. The molecule has 0 radical (unpaired) electrons. The van der Waals surface area contributed by atoms with Gasteiger partial charge in [-0.15, -0.1) is 11.3 Å². The summed E-state index contributed by atoms with van der Waals surface area (Å²) in [5.74, 6) is -0.849. The van der Waals surface area contributed by atoms with Crippen LogP contribution in [0.25, 0.3) is 10.1 Å². The fraction of sp³-hybridized carbons (Fsp3) is 0.300. The molecule has 0 aliphatic carbocycles. The molecule has 0 unspecified atom stereocenters. The molecule has 1 fully saturated rings. The number of thiophene rings is 1. The quantitative estimate of drug-likeness (QED) is 0.738. The third-order valence-corrected chi connectivity index (χ3v) is 6.21. The molecular formula is C20H20N2O3S. The number of likely N-dealkylation sites (tertiary alicyclic amines) is 1. The largest absolute Gasteiger partial charge is 0.480 e. The minimum Gasteiger partial charge on any atom is -0.480 e. The zero-order valence-electron chi connectivity index (χ0n) is 14.2. The average molecular weight is 368 g/mol. The van der Waals surface area contributed by atoms with Crippen molar-refractivity contribution in [1.29, 1.82) is 0 Å². The summed E-state index contributed by atoms with van der Waals surface area (Å²) < 4.78 is 1.02. The number of piperidine rings is 1. The predicted molar refractivity (Wildman–Crippen MR) is 101 cm³/mol. The van der Waals surface area contributed by atoms with Gasteiger partial charge in [-0.3, -0.25) is 14.7 Å². The molecule has 2 aromatic heterocycles. The van der Waals surface area contributed by atoms with Crippen molar-refractivity contribution < 1.29 is 15.0 Å². The second kappa shape index (κ2) is 6.79. The number of hydrogen-bond acceptors (Lipinski definition) is 5. The highest BCUT2D eigenvalue weighted by molar-refractivity contribution is 7.17. The van der Waals surface area contributed by atoms with E-state index in [4.69, 9.17) is 0 Å². The number of pyridine rings is 1. The molecule has 134 valence electrons. The second-order valence-corrected chi connectivity index (χ2v) is 7.65. The first-order chi connectivity index (χ1) is 12.6. The van der Waals surface area contributed by atoms with Crippen molar-refractivity contribution in [3.8, 4) is 0 Å². The van der Waals surface area contributed by atoms with Gasteiger partial charge in [-0.25, -0.2) is 0 Å². The number of rotatable bonds is 4. The molecule has 0 bridgehead atoms. The van der Waals surface area contributed by atoms with Crippen LogP contribution in [0, 0.1) is 0 Å². The summed E-state index contributed by atoms with van der Waals surface area (Å²) in [7, 11) is 0. The molecular weight excluding hydrogens is 348 g/mol. The lowest BCUT2D eigenvalue weighted by molar-refractivity contribution is -0.145. The Bertz CT molecular complexity index is 917. The summed E-state index contributed by atoms with van der Waals surface area (Å²) in [4.78, 5) is 18.1. The normalized spacial score (nSPS) is 18.7. The zero-order valence-corrected chi connectivity index (χ0v) is 15.0. The topological polar surface area (TPSA) is 73.7 Å². The van der Waals surface area contributed by atoms with Gasteiger partial charge in [0, 0.05) is 35.7 Å². The zero-order chi connectivity index (χ0) is 18.1. The van der Waals surface area contributed by atoms with Crippen LogP contribution in [0.5, 0.6) is 0 Å². The molecule has 0 saturated carbocycles. The van der Waals surface area contributed by atoms with Crippen molar-refractivity contribution in [1.82, 2.24) is 9.88 Å². The number of aliphatic carboxylic acids is 1. The van der Waals surface area contributed by atoms with Gasteiger partial charge in [-0.1, -0.05) is 24.3 Å². The lowest BCUT2D eigenvalue weighted by Crippen LogP contribution is -2.46. The molecule has 5 nitrogen and oxygen atoms in total. The van der Waals surface area contributed by atoms with Gasteiger partial charge < -0.3 is 10.2 Å². The maximum atomic E-state index is 12.1. The van der Waals surface area contributed by atoms with E-state index in [2.05, 4.69) is 4.98 Å². The smallest absolute Gasteiger partial charge is 0.325 e. The van der Waals surface area contributed by atoms with Gasteiger partial charge in [0.2, 0.25) is 0 Å². The standard InChI is InChI=1S/C20H20N2O3S/c23-19(24)17(16-5-1-3-14-6-12-26-18(14)16)22-10-7-20(25,8-11-22)15-4-2-9-21-13-15/h1-6,9,12-13,17,25H,7-8,10-11H2,(H,23,24)/t17-/m0/s1. The summed E-state index contributed by atoms with van der Waals surface area (Å²) >= 11 is 1.57. The number of fused-ring (bicyclic) bond motifs is 1. The summed E-state index contributed by atoms with van der Waals surface area (Å²) in [5, 5.41) is 24.0. The maximum absolute atomic E-state index is 12.1. The number of benzene rings is 1. The highest BCUT2D eigenvalue weighted by atomic mass is 32.1. The van der Waals surface area contributed by atoms with Crippen LogP contribution in [0.15, 0.2) is 54.2 Å². The van der Waals surface area contributed by atoms with Crippen molar-refractivity contribution >= 4 is 27.4 Å². The predicted octanol–water partition coefficient (Wildman–Crippen LogP) is 3.41. The Labute approximate surface area is 155 Å². The molecule has 1 aliphatic heterocycles. The minimum absolute atomic E-state index is 0.489. The molecule has 2 N–H and O–H groups in total. The van der Waals surface area contributed by atoms with Crippen LogP contribution in [0.1, 0.15) is 30.0 Å². The second-order valence-electron chi connectivity index (χ2n) is 6.74. The molecule has 3 heterocycles. The molecule has 1 aromatic carbocycles. The van der Waals surface area contributed by atoms with Crippen LogP contribution < -0.4 is 0 Å². The van der Waals surface area contributed by atoms with Crippen LogP contribution in [-0.4, -0.2) is 39.2 Å². The van der Waals surface area contributed by atoms with E-state index in [9.17, 15) is 15.0 Å². The van der Waals surface area contributed by atoms with Crippen molar-refractivity contribution in [3.05, 3.63) is 65.3 Å². The summed E-state index contributed by atoms with van der Waals surface area (Å²) in [6, 6.07) is 10.8. The third-order valence-electron chi connectivity index (χ3n) is 5.23. The van der Waals surface area contributed by atoms with Gasteiger partial charge in [0.25, 0.3) is 0 Å². The Balaban J connectivity index is 1.60. The van der Waals surface area contributed by atoms with E-state index in [0.29, 0.717) is 25.9 Å². The Morgan fingerprint density at radius 3 is 2.69 bits per heavy atom. The fourth-order valence-corrected chi connectivity index (χ4v) is 4.73. The molecule has 1 aliphatic rings. The Kier molecular flexibility index (Phi) is 4.48. The Morgan fingerprint density at radius 2 is 2.00 bits per heavy atom. The number of carbonyl (C=O) groups is 1. The highest BCUT2D eigenvalue weighted by Gasteiger charge is 2.39. The van der Waals surface area contributed by atoms with E-state index in [0.717, 1.165) is 21.2 Å². The van der Waals surface area contributed by atoms with Crippen molar-refractivity contribution in [3.63, 3.8) is 0 Å². The Hall–Kier alpha value is -2.28. The lowest BCUT2D eigenvalue weighted by atomic mass is 9.84. The number of carboxylic acid groups (broad SMARTS) is 1. The van der Waals surface area contributed by atoms with E-state index in [1.807, 2.05) is 46.7 Å². The molecule has 4 rings (SSSR count). The van der Waals surface area contributed by atoms with Gasteiger partial charge in [-0.2, -0.15) is 0 Å². The van der Waals surface area contributed by atoms with Crippen LogP contribution in [0.4, 0.5) is 0 Å². The van der Waals surface area contributed by atoms with E-state index >= 15 is 0 Å². The number of nitrogens with zero attached hydrogens (tertiary/aromatic N) is 2. The molecule has 6 heteroatoms. The van der Waals surface area contributed by atoms with E-state index in [1.165, 1.54) is 0 Å². The van der Waals surface area contributed by atoms with Gasteiger partial charge in [0.1, 0.15) is 6.04 Å². The first-order valence-corrected chi connectivity index (χ1v) is 9.52. The Morgan fingerprint density at radius 1 is 1.19 bits per heavy atom. The first-order valence-electron chi connectivity index (χ1n) is 8.64. The SMILES string of the molecule is O=C(O)[C@H](c1cccc2ccsc12)N1CCC(O)(c2cccnc2)CC1. The van der Waals surface area contributed by atoms with Crippen LogP contribution in [0.3, 0.4) is 0 Å². The van der Waals surface area contributed by atoms with Crippen LogP contribution in [-0.2, 0) is 10.4 Å². The number of carboxylic acids is 1. The number of aromatic nitrogens is 1. The molecule has 26 heavy (non-hydrogen) atoms. The van der Waals surface area contributed by atoms with Gasteiger partial charge >= 0.3 is 5.97 Å². The number of aliphatic hydroxyl groups is 1. The highest BCUT2D eigenvalue weighted by Crippen LogP contribution is 2.38. The molecule has 3 aromatic rings. The lowest BCUT2D eigenvalue weighted by Gasteiger charge is -2.40. The molecule has 1 atom stereocenters. The van der Waals surface area contributed by atoms with Gasteiger partial charge in [0.15, 0.2) is 0 Å². The van der Waals surface area contributed by atoms with Crippen molar-refractivity contribution in [2.45, 2.75) is 24.5 Å². The molecule has 0 amide bonds. The van der Waals surface area contributed by atoms with Crippen molar-refractivity contribution in [2.24, 2.45) is 0 Å². The number of hydrogen-bond donors (Lipinski definition) is 2. The van der Waals surface area contributed by atoms with Crippen LogP contribution >= 0.6 is 11.3 Å². The van der Waals surface area contributed by atoms with Crippen LogP contribution in [0.2, 0.25) is 0 Å². The van der Waals surface area contributed by atoms with E-state index in [-0.39, 0.29) is 0 Å². The summed E-state index contributed by atoms with van der Waals surface area (Å²) in [5.41, 5.74) is 0.687. The molecule has 0 spiro atoms. The van der Waals surface area contributed by atoms with Gasteiger partial charge in [0.05, 0.1) is 5.60 Å². The van der Waals surface area contributed by atoms with Gasteiger partial charge in [-0.05, 0) is 41.3 Å². The first kappa shape index (κ1) is 17.1. The molecule has 1 saturated heterocycles. The van der Waals surface area contributed by atoms with E-state index < -0.39 is 17.6 Å².